The summed E-state index contributed by atoms with van der Waals surface area (Å²) in [6.07, 6.45) is 2.66. The van der Waals surface area contributed by atoms with Crippen molar-refractivity contribution in [2.24, 2.45) is 0 Å². The molecule has 0 radical (unpaired) electrons. The molecule has 0 unspecified atom stereocenters. The highest BCUT2D eigenvalue weighted by atomic mass is 16.5. The van der Waals surface area contributed by atoms with Crippen LogP contribution in [0.1, 0.15) is 37.3 Å². The van der Waals surface area contributed by atoms with Crippen LogP contribution in [0.5, 0.6) is 5.75 Å². The summed E-state index contributed by atoms with van der Waals surface area (Å²) in [5, 5.41) is 5.24. The van der Waals surface area contributed by atoms with Gasteiger partial charge in [-0.15, -0.1) is 0 Å². The minimum atomic E-state index is -0.512. The van der Waals surface area contributed by atoms with E-state index >= 15 is 0 Å². The third-order valence-electron chi connectivity index (χ3n) is 5.85. The maximum Gasteiger partial charge on any atom is 0.261 e. The Morgan fingerprint density at radius 2 is 1.67 bits per heavy atom. The van der Waals surface area contributed by atoms with Crippen LogP contribution in [0.25, 0.3) is 10.8 Å². The molecule has 1 N–H and O–H groups in total. The summed E-state index contributed by atoms with van der Waals surface area (Å²) in [6, 6.07) is 22.4. The fourth-order valence-electron chi connectivity index (χ4n) is 4.14. The highest BCUT2D eigenvalue weighted by molar-refractivity contribution is 5.89. The average molecular weight is 403 g/mol. The molecule has 0 saturated carbocycles. The minimum Gasteiger partial charge on any atom is -0.480 e. The second kappa shape index (κ2) is 9.77. The van der Waals surface area contributed by atoms with E-state index < -0.39 is 6.10 Å². The average Bonchev–Trinajstić information content (AvgIpc) is 3.30. The predicted molar refractivity (Wildman–Crippen MR) is 121 cm³/mol. The van der Waals surface area contributed by atoms with Crippen molar-refractivity contribution in [3.8, 4) is 5.75 Å². The minimum absolute atomic E-state index is 0.0681. The van der Waals surface area contributed by atoms with Gasteiger partial charge >= 0.3 is 0 Å². The molecule has 1 amide bonds. The van der Waals surface area contributed by atoms with Gasteiger partial charge in [0.2, 0.25) is 0 Å². The lowest BCUT2D eigenvalue weighted by Gasteiger charge is -2.20. The molecule has 4 heteroatoms. The summed E-state index contributed by atoms with van der Waals surface area (Å²) in [4.78, 5) is 15.4. The largest absolute Gasteiger partial charge is 0.480 e. The lowest BCUT2D eigenvalue weighted by Crippen LogP contribution is -2.37. The zero-order valence-corrected chi connectivity index (χ0v) is 17.6. The highest BCUT2D eigenvalue weighted by Gasteiger charge is 2.20. The van der Waals surface area contributed by atoms with E-state index in [9.17, 15) is 4.79 Å². The van der Waals surface area contributed by atoms with E-state index in [0.29, 0.717) is 13.0 Å². The van der Waals surface area contributed by atoms with Gasteiger partial charge in [-0.25, -0.2) is 0 Å². The normalized spacial score (nSPS) is 15.2. The van der Waals surface area contributed by atoms with Crippen LogP contribution in [-0.4, -0.2) is 30.0 Å². The first-order valence-electron chi connectivity index (χ1n) is 11.0. The molecule has 156 valence electrons. The van der Waals surface area contributed by atoms with Crippen molar-refractivity contribution in [2.75, 3.05) is 13.1 Å². The van der Waals surface area contributed by atoms with Gasteiger partial charge in [-0.05, 0) is 54.9 Å². The van der Waals surface area contributed by atoms with Crippen LogP contribution in [0, 0.1) is 0 Å². The van der Waals surface area contributed by atoms with Gasteiger partial charge in [-0.2, -0.15) is 0 Å². The summed E-state index contributed by atoms with van der Waals surface area (Å²) in [5.41, 5.74) is 2.47. The number of amides is 1. The number of carbonyl (C=O) groups is 1. The van der Waals surface area contributed by atoms with Gasteiger partial charge in [0.1, 0.15) is 5.75 Å². The maximum atomic E-state index is 12.9. The van der Waals surface area contributed by atoms with Crippen LogP contribution in [-0.2, 0) is 17.9 Å². The first-order valence-corrected chi connectivity index (χ1v) is 11.0. The lowest BCUT2D eigenvalue weighted by molar-refractivity contribution is -0.128. The molecule has 3 aromatic carbocycles. The molecular weight excluding hydrogens is 372 g/mol. The Morgan fingerprint density at radius 1 is 0.967 bits per heavy atom. The van der Waals surface area contributed by atoms with Crippen molar-refractivity contribution in [1.82, 2.24) is 10.2 Å². The number of nitrogens with one attached hydrogen (secondary N) is 1. The first kappa shape index (κ1) is 20.4. The van der Waals surface area contributed by atoms with Gasteiger partial charge < -0.3 is 10.1 Å². The number of nitrogens with zero attached hydrogens (tertiary/aromatic N) is 1. The molecule has 0 aromatic heterocycles. The second-order valence-electron chi connectivity index (χ2n) is 7.96. The molecule has 1 heterocycles. The molecule has 3 aromatic rings. The quantitative estimate of drug-likeness (QED) is 0.582. The van der Waals surface area contributed by atoms with Gasteiger partial charge in [-0.1, -0.05) is 67.6 Å². The Morgan fingerprint density at radius 3 is 2.47 bits per heavy atom. The molecule has 1 aliphatic rings. The number of ether oxygens (including phenoxy) is 1. The Kier molecular flexibility index (Phi) is 6.65. The molecular formula is C26H30N2O2. The third-order valence-corrected chi connectivity index (χ3v) is 5.85. The van der Waals surface area contributed by atoms with Gasteiger partial charge in [0, 0.05) is 18.5 Å². The number of likely N-dealkylation sites (tertiary alicyclic amines) is 1. The molecule has 4 rings (SSSR count). The van der Waals surface area contributed by atoms with Crippen molar-refractivity contribution < 1.29 is 9.53 Å². The van der Waals surface area contributed by atoms with Crippen molar-refractivity contribution in [3.05, 3.63) is 77.9 Å². The molecule has 1 fully saturated rings. The van der Waals surface area contributed by atoms with Gasteiger partial charge in [0.15, 0.2) is 6.10 Å². The van der Waals surface area contributed by atoms with Crippen LogP contribution in [0.15, 0.2) is 66.7 Å². The van der Waals surface area contributed by atoms with E-state index in [2.05, 4.69) is 40.5 Å². The molecule has 1 saturated heterocycles. The third kappa shape index (κ3) is 4.82. The smallest absolute Gasteiger partial charge is 0.261 e. The molecule has 0 aliphatic carbocycles. The monoisotopic (exact) mass is 402 g/mol. The summed E-state index contributed by atoms with van der Waals surface area (Å²) >= 11 is 0. The van der Waals surface area contributed by atoms with E-state index in [1.165, 1.54) is 24.0 Å². The summed E-state index contributed by atoms with van der Waals surface area (Å²) in [7, 11) is 0. The van der Waals surface area contributed by atoms with Crippen LogP contribution in [0.2, 0.25) is 0 Å². The standard InChI is InChI=1S/C26H30N2O2/c1-2-24(30-25-15-9-13-20-10-5-6-14-23(20)25)26(29)27-18-21-11-3-4-12-22(21)19-28-16-7-8-17-28/h3-6,9-15,24H,2,7-8,16-19H2,1H3,(H,27,29)/t24-/m1/s1. The first-order chi connectivity index (χ1) is 14.7. The van der Waals surface area contributed by atoms with E-state index in [-0.39, 0.29) is 5.91 Å². The summed E-state index contributed by atoms with van der Waals surface area (Å²) in [5.74, 6) is 0.686. The van der Waals surface area contributed by atoms with Gasteiger partial charge in [0.05, 0.1) is 0 Å². The molecule has 0 bridgehead atoms. The molecule has 1 atom stereocenters. The highest BCUT2D eigenvalue weighted by Crippen LogP contribution is 2.26. The Balaban J connectivity index is 1.41. The zero-order valence-electron chi connectivity index (χ0n) is 17.6. The number of fused-ring (bicyclic) bond motifs is 1. The van der Waals surface area contributed by atoms with E-state index in [1.54, 1.807) is 0 Å². The lowest BCUT2D eigenvalue weighted by atomic mass is 10.1. The van der Waals surface area contributed by atoms with Crippen LogP contribution < -0.4 is 10.1 Å². The number of carbonyl (C=O) groups excluding carboxylic acids is 1. The van der Waals surface area contributed by atoms with Crippen molar-refractivity contribution >= 4 is 16.7 Å². The Labute approximate surface area is 178 Å². The Hall–Kier alpha value is -2.85. The van der Waals surface area contributed by atoms with Crippen molar-refractivity contribution in [3.63, 3.8) is 0 Å². The van der Waals surface area contributed by atoms with Crippen LogP contribution in [0.3, 0.4) is 0 Å². The van der Waals surface area contributed by atoms with E-state index in [1.807, 2.05) is 43.3 Å². The van der Waals surface area contributed by atoms with Crippen molar-refractivity contribution in [1.29, 1.82) is 0 Å². The molecule has 1 aliphatic heterocycles. The molecule has 30 heavy (non-hydrogen) atoms. The number of benzene rings is 3. The fourth-order valence-corrected chi connectivity index (χ4v) is 4.14. The number of hydrogen-bond donors (Lipinski definition) is 1. The van der Waals surface area contributed by atoms with Gasteiger partial charge in [-0.3, -0.25) is 9.69 Å². The van der Waals surface area contributed by atoms with E-state index in [0.717, 1.165) is 36.2 Å². The summed E-state index contributed by atoms with van der Waals surface area (Å²) < 4.78 is 6.14. The van der Waals surface area contributed by atoms with Crippen molar-refractivity contribution in [2.45, 2.75) is 45.4 Å². The maximum absolute atomic E-state index is 12.9. The number of rotatable bonds is 8. The Bertz CT molecular complexity index is 990. The van der Waals surface area contributed by atoms with Crippen LogP contribution >= 0.6 is 0 Å². The SMILES string of the molecule is CC[C@@H](Oc1cccc2ccccc12)C(=O)NCc1ccccc1CN1CCCC1. The summed E-state index contributed by atoms with van der Waals surface area (Å²) in [6.45, 7) is 5.79. The number of hydrogen-bond acceptors (Lipinski definition) is 3. The molecule has 0 spiro atoms. The second-order valence-corrected chi connectivity index (χ2v) is 7.96. The fraction of sp³-hybridized carbons (Fsp3) is 0.346. The predicted octanol–water partition coefficient (Wildman–Crippen LogP) is 4.91. The van der Waals surface area contributed by atoms with E-state index in [4.69, 9.17) is 4.74 Å². The van der Waals surface area contributed by atoms with Crippen LogP contribution in [0.4, 0.5) is 0 Å². The zero-order chi connectivity index (χ0) is 20.8. The molecule has 4 nitrogen and oxygen atoms in total. The van der Waals surface area contributed by atoms with Gasteiger partial charge in [0.25, 0.3) is 5.91 Å². The topological polar surface area (TPSA) is 41.6 Å².